The van der Waals surface area contributed by atoms with Crippen molar-refractivity contribution in [2.45, 2.75) is 44.8 Å². The van der Waals surface area contributed by atoms with Crippen molar-refractivity contribution in [3.8, 4) is 5.75 Å². The molecule has 0 aliphatic heterocycles. The van der Waals surface area contributed by atoms with Crippen LogP contribution < -0.4 is 33.4 Å². The Bertz CT molecular complexity index is 1850. The van der Waals surface area contributed by atoms with Crippen molar-refractivity contribution in [1.82, 2.24) is 0 Å². The van der Waals surface area contributed by atoms with E-state index in [1.807, 2.05) is 61.5 Å². The maximum Gasteiger partial charge on any atom is 0.416 e. The van der Waals surface area contributed by atoms with E-state index < -0.39 is 11.7 Å². The molecule has 10 N–H and O–H groups in total. The number of benzene rings is 5. The summed E-state index contributed by atoms with van der Waals surface area (Å²) in [5.41, 5.74) is 31.4. The molecule has 0 bridgehead atoms. The van der Waals surface area contributed by atoms with Gasteiger partial charge in [-0.2, -0.15) is 13.2 Å². The van der Waals surface area contributed by atoms with Crippen LogP contribution >= 0.6 is 66.7 Å². The van der Waals surface area contributed by atoms with Gasteiger partial charge in [0.15, 0.2) is 0 Å². The fourth-order valence-electron chi connectivity index (χ4n) is 4.71. The van der Waals surface area contributed by atoms with Crippen molar-refractivity contribution in [3.05, 3.63) is 167 Å². The van der Waals surface area contributed by atoms with E-state index in [1.54, 1.807) is 25.3 Å². The summed E-state index contributed by atoms with van der Waals surface area (Å²) < 4.78 is 44.3. The molecule has 0 aromatic heterocycles. The van der Waals surface area contributed by atoms with Crippen LogP contribution in [0.4, 0.5) is 13.2 Å². The highest BCUT2D eigenvalue weighted by Crippen LogP contribution is 2.32. The second-order valence-electron chi connectivity index (χ2n) is 12.0. The molecule has 14 heteroatoms. The number of hydrogen-bond donors (Lipinski definition) is 5. The van der Waals surface area contributed by atoms with Crippen LogP contribution in [0.25, 0.3) is 0 Å². The first-order chi connectivity index (χ1) is 26.6. The van der Waals surface area contributed by atoms with E-state index in [9.17, 15) is 13.2 Å². The van der Waals surface area contributed by atoms with Gasteiger partial charge in [0.2, 0.25) is 0 Å². The van der Waals surface area contributed by atoms with E-state index in [4.69, 9.17) is 68.2 Å². The Morgan fingerprint density at radius 1 is 0.607 bits per heavy atom. The summed E-state index contributed by atoms with van der Waals surface area (Å²) in [6, 6.07) is 33.0. The van der Waals surface area contributed by atoms with Crippen LogP contribution in [0.1, 0.15) is 46.3 Å². The van der Waals surface area contributed by atoms with Gasteiger partial charge in [-0.3, -0.25) is 0 Å². The molecule has 0 fully saturated rings. The van der Waals surface area contributed by atoms with Crippen molar-refractivity contribution in [3.63, 3.8) is 0 Å². The van der Waals surface area contributed by atoms with Crippen LogP contribution in [0, 0.1) is 0 Å². The van der Waals surface area contributed by atoms with E-state index in [0.717, 1.165) is 51.9 Å². The predicted molar refractivity (Wildman–Crippen MR) is 238 cm³/mol. The topological polar surface area (TPSA) is 139 Å². The number of nitrogens with two attached hydrogens (primary N) is 5. The van der Waals surface area contributed by atoms with Crippen LogP contribution in [0.2, 0.25) is 15.1 Å². The van der Waals surface area contributed by atoms with Crippen LogP contribution in [-0.4, -0.2) is 33.3 Å². The summed E-state index contributed by atoms with van der Waals surface area (Å²) in [5.74, 6) is 0.706. The van der Waals surface area contributed by atoms with Gasteiger partial charge in [0.05, 0.1) is 27.7 Å². The van der Waals surface area contributed by atoms with Gasteiger partial charge >= 0.3 is 6.18 Å². The molecular formula is C42H51Br2Cl3F3N5O. The number of ether oxygens (including phenoxy) is 1. The van der Waals surface area contributed by atoms with Crippen LogP contribution in [0.15, 0.2) is 118 Å². The molecular weight excluding hydrogens is 914 g/mol. The zero-order valence-electron chi connectivity index (χ0n) is 31.4. The number of hydrogen-bond acceptors (Lipinski definition) is 6. The Labute approximate surface area is 361 Å². The van der Waals surface area contributed by atoms with Crippen LogP contribution in [0.5, 0.6) is 5.75 Å². The fourth-order valence-corrected chi connectivity index (χ4v) is 6.23. The molecule has 0 saturated heterocycles. The summed E-state index contributed by atoms with van der Waals surface area (Å²) in [5, 5.41) is 1.76. The standard InChI is InChI=1S/C9H12ClNO.C9H10F3N.2C8H10BrN.C8H9Cl2N/c1-12-9-3-2-7(4-5-11)6-8(9)10;10-9(11,12)8-4-2-1-3-7(8)5-6-13;9-8-3-1-2-7(6-8)4-5-10;9-8-4-2-1-3-7(8)5-6-10;1-5(11)6-2-3-7(9)8(10)4-6/h2-3,6H,4-5,11H2,1H3;1-4H,5-6,13H2;1-3,6H,4-5,10H2;1-4H,5-6,10H2;2-5H,11H2,1H3. The molecule has 5 aromatic rings. The molecule has 1 unspecified atom stereocenters. The molecule has 0 heterocycles. The average Bonchev–Trinajstić information content (AvgIpc) is 3.15. The summed E-state index contributed by atoms with van der Waals surface area (Å²) in [4.78, 5) is 0. The van der Waals surface area contributed by atoms with E-state index in [0.29, 0.717) is 33.9 Å². The van der Waals surface area contributed by atoms with E-state index >= 15 is 0 Å². The molecule has 0 spiro atoms. The normalized spacial score (nSPS) is 10.9. The number of halogens is 8. The molecule has 56 heavy (non-hydrogen) atoms. The SMILES string of the molecule is CC(N)c1ccc(Cl)c(Cl)c1.COc1ccc(CCN)cc1Cl.NCCc1cccc(Br)c1.NCCc1ccccc1Br.NCCc1ccccc1C(F)(F)F. The first kappa shape index (κ1) is 51.3. The second-order valence-corrected chi connectivity index (χ2v) is 15.0. The molecule has 0 aliphatic carbocycles. The highest BCUT2D eigenvalue weighted by atomic mass is 79.9. The largest absolute Gasteiger partial charge is 0.495 e. The molecule has 0 radical (unpaired) electrons. The third kappa shape index (κ3) is 20.7. The van der Waals surface area contributed by atoms with Gasteiger partial charge in [-0.25, -0.2) is 0 Å². The number of alkyl halides is 3. The maximum absolute atomic E-state index is 12.3. The van der Waals surface area contributed by atoms with Gasteiger partial charge in [0.25, 0.3) is 0 Å². The van der Waals surface area contributed by atoms with Crippen molar-refractivity contribution in [2.75, 3.05) is 33.3 Å². The minimum absolute atomic E-state index is 0.00441. The summed E-state index contributed by atoms with van der Waals surface area (Å²) >= 11 is 24.2. The minimum Gasteiger partial charge on any atom is -0.495 e. The lowest BCUT2D eigenvalue weighted by Gasteiger charge is -2.11. The lowest BCUT2D eigenvalue weighted by molar-refractivity contribution is -0.138. The van der Waals surface area contributed by atoms with Gasteiger partial charge in [-0.05, 0) is 135 Å². The highest BCUT2D eigenvalue weighted by molar-refractivity contribution is 9.10. The number of methoxy groups -OCH3 is 1. The van der Waals surface area contributed by atoms with E-state index in [2.05, 4.69) is 50.1 Å². The number of rotatable bonds is 10. The fraction of sp³-hybridized carbons (Fsp3) is 0.286. The lowest BCUT2D eigenvalue weighted by atomic mass is 10.0. The van der Waals surface area contributed by atoms with Crippen molar-refractivity contribution in [2.24, 2.45) is 28.7 Å². The Hall–Kier alpha value is -2.68. The molecule has 5 rings (SSSR count). The summed E-state index contributed by atoms with van der Waals surface area (Å²) in [7, 11) is 1.60. The Morgan fingerprint density at radius 3 is 1.66 bits per heavy atom. The predicted octanol–water partition coefficient (Wildman–Crippen LogP) is 11.0. The molecule has 0 amide bonds. The Morgan fingerprint density at radius 2 is 1.16 bits per heavy atom. The van der Waals surface area contributed by atoms with Gasteiger partial charge in [0.1, 0.15) is 5.75 Å². The highest BCUT2D eigenvalue weighted by Gasteiger charge is 2.32. The van der Waals surface area contributed by atoms with Gasteiger partial charge in [0, 0.05) is 15.0 Å². The molecule has 5 aromatic carbocycles. The zero-order chi connectivity index (χ0) is 42.1. The van der Waals surface area contributed by atoms with Gasteiger partial charge in [-0.15, -0.1) is 0 Å². The molecule has 306 valence electrons. The molecule has 6 nitrogen and oxygen atoms in total. The average molecular weight is 965 g/mol. The Balaban J connectivity index is 0.000000351. The van der Waals surface area contributed by atoms with E-state index in [-0.39, 0.29) is 24.6 Å². The maximum atomic E-state index is 12.3. The van der Waals surface area contributed by atoms with E-state index in [1.165, 1.54) is 23.3 Å². The van der Waals surface area contributed by atoms with Crippen LogP contribution in [0.3, 0.4) is 0 Å². The quantitative estimate of drug-likeness (QED) is 0.0945. The molecule has 0 aliphatic rings. The van der Waals surface area contributed by atoms with Crippen molar-refractivity contribution < 1.29 is 17.9 Å². The molecule has 0 saturated carbocycles. The van der Waals surface area contributed by atoms with Crippen molar-refractivity contribution >= 4 is 66.7 Å². The first-order valence-electron chi connectivity index (χ1n) is 17.6. The minimum atomic E-state index is -4.27. The zero-order valence-corrected chi connectivity index (χ0v) is 36.9. The van der Waals surface area contributed by atoms with Crippen LogP contribution in [-0.2, 0) is 31.9 Å². The summed E-state index contributed by atoms with van der Waals surface area (Å²) in [6.45, 7) is 4.20. The molecule has 1 atom stereocenters. The monoisotopic (exact) mass is 961 g/mol. The second kappa shape index (κ2) is 28.7. The third-order valence-corrected chi connectivity index (χ3v) is 9.85. The summed E-state index contributed by atoms with van der Waals surface area (Å²) in [6.07, 6.45) is -1.26. The van der Waals surface area contributed by atoms with Gasteiger partial charge < -0.3 is 33.4 Å². The van der Waals surface area contributed by atoms with Crippen molar-refractivity contribution in [1.29, 1.82) is 0 Å². The Kier molecular flexibility index (Phi) is 26.3. The third-order valence-electron chi connectivity index (χ3n) is 7.55. The van der Waals surface area contributed by atoms with Gasteiger partial charge in [-0.1, -0.05) is 127 Å². The lowest BCUT2D eigenvalue weighted by Crippen LogP contribution is -2.12. The first-order valence-corrected chi connectivity index (χ1v) is 20.3. The smallest absolute Gasteiger partial charge is 0.416 e.